The molecule has 0 bridgehead atoms. The summed E-state index contributed by atoms with van der Waals surface area (Å²) in [5.41, 5.74) is 5.70. The van der Waals surface area contributed by atoms with E-state index in [4.69, 9.17) is 28.2 Å². The maximum atomic E-state index is 12.1. The Morgan fingerprint density at radius 2 is 1.27 bits per heavy atom. The van der Waals surface area contributed by atoms with Crippen molar-refractivity contribution < 1.29 is 4.79 Å². The Morgan fingerprint density at radius 3 is 1.84 bits per heavy atom. The van der Waals surface area contributed by atoms with Gasteiger partial charge in [-0.1, -0.05) is 73.4 Å². The van der Waals surface area contributed by atoms with E-state index in [2.05, 4.69) is 45.7 Å². The molecule has 1 amide bonds. The highest BCUT2D eigenvalue weighted by atomic mass is 35.5. The second-order valence-electron chi connectivity index (χ2n) is 10.3. The molecule has 11 heteroatoms. The number of aliphatic imine (C=N–C) groups is 2. The van der Waals surface area contributed by atoms with E-state index in [1.165, 1.54) is 9.75 Å². The van der Waals surface area contributed by atoms with E-state index in [1.54, 1.807) is 27.6 Å². The van der Waals surface area contributed by atoms with Gasteiger partial charge in [0.15, 0.2) is 5.82 Å². The summed E-state index contributed by atoms with van der Waals surface area (Å²) in [6, 6.07) is 19.8. The highest BCUT2D eigenvalue weighted by Gasteiger charge is 2.27. The first kappa shape index (κ1) is 30.4. The average molecular weight is 662 g/mol. The van der Waals surface area contributed by atoms with Crippen LogP contribution in [0.2, 0.25) is 10.0 Å². The van der Waals surface area contributed by atoms with Gasteiger partial charge in [0.25, 0.3) is 0 Å². The SMILES string of the molecule is CCc1cc2c(s1)-n1c(C)nnc1CN=C2c1ccccc1Cl.CCc1cc2c(s1)N(C)C(=O)CN=C2c1ccccc1Cl. The number of rotatable bonds is 4. The van der Waals surface area contributed by atoms with Crippen LogP contribution in [0.5, 0.6) is 0 Å². The Bertz CT molecular complexity index is 1940. The van der Waals surface area contributed by atoms with Crippen LogP contribution in [0, 0.1) is 6.92 Å². The molecule has 2 aromatic carbocycles. The molecule has 5 aromatic rings. The average Bonchev–Trinajstić information content (AvgIpc) is 3.71. The minimum Gasteiger partial charge on any atom is -0.305 e. The van der Waals surface area contributed by atoms with Gasteiger partial charge in [0.1, 0.15) is 28.9 Å². The molecule has 0 N–H and O–H groups in total. The Labute approximate surface area is 274 Å². The highest BCUT2D eigenvalue weighted by Crippen LogP contribution is 2.37. The first-order chi connectivity index (χ1) is 21.3. The molecule has 0 saturated carbocycles. The molecule has 2 aliphatic rings. The molecule has 0 aliphatic carbocycles. The Morgan fingerprint density at radius 1 is 0.750 bits per heavy atom. The van der Waals surface area contributed by atoms with E-state index in [1.807, 2.05) is 62.5 Å². The maximum absolute atomic E-state index is 12.1. The molecule has 0 atom stereocenters. The normalized spacial score (nSPS) is 14.0. The molecule has 7 rings (SSSR count). The lowest BCUT2D eigenvalue weighted by Crippen LogP contribution is -2.26. The number of fused-ring (bicyclic) bond motifs is 4. The predicted molar refractivity (Wildman–Crippen MR) is 183 cm³/mol. The van der Waals surface area contributed by atoms with Crippen molar-refractivity contribution in [2.75, 3.05) is 18.5 Å². The van der Waals surface area contributed by atoms with Crippen molar-refractivity contribution in [3.8, 4) is 5.00 Å². The number of likely N-dealkylation sites (N-methyl/N-ethyl adjacent to an activating group) is 1. The number of anilines is 1. The zero-order valence-electron chi connectivity index (χ0n) is 24.8. The van der Waals surface area contributed by atoms with E-state index >= 15 is 0 Å². The standard InChI is InChI=1S/C17H15ClN4S.C16H15ClN2OS/c1-3-11-8-13-16(12-6-4-5-7-14(12)18)19-9-15-21-20-10(2)22(15)17(13)23-11;1-3-10-8-12-15(11-6-4-5-7-13(11)17)18-9-14(20)19(2)16(12)21-10/h4-8H,3,9H2,1-2H3;4-8H,3,9H2,1-2H3. The quantitative estimate of drug-likeness (QED) is 0.196. The van der Waals surface area contributed by atoms with Gasteiger partial charge in [0.05, 0.1) is 11.4 Å². The Kier molecular flexibility index (Phi) is 8.82. The van der Waals surface area contributed by atoms with Crippen LogP contribution in [0.1, 0.15) is 57.5 Å². The van der Waals surface area contributed by atoms with E-state index in [-0.39, 0.29) is 12.5 Å². The molecule has 0 spiro atoms. The molecule has 0 unspecified atom stereocenters. The van der Waals surface area contributed by atoms with Crippen molar-refractivity contribution >= 4 is 68.2 Å². The van der Waals surface area contributed by atoms with Gasteiger partial charge in [-0.2, -0.15) is 0 Å². The summed E-state index contributed by atoms with van der Waals surface area (Å²) in [6.07, 6.45) is 1.93. The molecule has 7 nitrogen and oxygen atoms in total. The van der Waals surface area contributed by atoms with Crippen molar-refractivity contribution in [2.45, 2.75) is 40.2 Å². The monoisotopic (exact) mass is 660 g/mol. The molecule has 44 heavy (non-hydrogen) atoms. The molecule has 0 saturated heterocycles. The number of aromatic nitrogens is 3. The van der Waals surface area contributed by atoms with E-state index in [0.29, 0.717) is 11.6 Å². The molecular formula is C33H30Cl2N6OS2. The van der Waals surface area contributed by atoms with Crippen molar-refractivity contribution in [3.63, 3.8) is 0 Å². The fourth-order valence-corrected chi connectivity index (χ4v) is 7.88. The van der Waals surface area contributed by atoms with Crippen LogP contribution in [0.25, 0.3) is 5.00 Å². The maximum Gasteiger partial charge on any atom is 0.249 e. The van der Waals surface area contributed by atoms with E-state index in [9.17, 15) is 4.79 Å². The van der Waals surface area contributed by atoms with E-state index < -0.39 is 0 Å². The minimum atomic E-state index is 0.00260. The number of halogens is 2. The smallest absolute Gasteiger partial charge is 0.249 e. The van der Waals surface area contributed by atoms with Crippen LogP contribution in [-0.2, 0) is 24.2 Å². The fourth-order valence-electron chi connectivity index (χ4n) is 5.19. The third-order valence-corrected chi connectivity index (χ3v) is 10.8. The summed E-state index contributed by atoms with van der Waals surface area (Å²) >= 11 is 16.2. The van der Waals surface area contributed by atoms with Crippen LogP contribution in [0.15, 0.2) is 70.6 Å². The molecule has 224 valence electrons. The summed E-state index contributed by atoms with van der Waals surface area (Å²) in [5, 5.41) is 12.0. The third kappa shape index (κ3) is 5.65. The van der Waals surface area contributed by atoms with Crippen LogP contribution in [-0.4, -0.2) is 45.7 Å². The Hall–Kier alpha value is -3.63. The molecule has 3 aromatic heterocycles. The number of carbonyl (C=O) groups excluding carboxylic acids is 1. The van der Waals surface area contributed by atoms with Gasteiger partial charge in [-0.25, -0.2) is 0 Å². The predicted octanol–water partition coefficient (Wildman–Crippen LogP) is 7.98. The van der Waals surface area contributed by atoms with Gasteiger partial charge in [0, 0.05) is 49.1 Å². The van der Waals surface area contributed by atoms with Gasteiger partial charge in [-0.3, -0.25) is 19.3 Å². The molecule has 5 heterocycles. The van der Waals surface area contributed by atoms with Gasteiger partial charge in [0.2, 0.25) is 5.91 Å². The zero-order valence-corrected chi connectivity index (χ0v) is 27.9. The number of amides is 1. The molecular weight excluding hydrogens is 631 g/mol. The second-order valence-corrected chi connectivity index (χ2v) is 13.4. The fraction of sp³-hybridized carbons (Fsp3) is 0.242. The number of nitrogens with zero attached hydrogens (tertiary/aromatic N) is 6. The Balaban J connectivity index is 0.000000157. The van der Waals surface area contributed by atoms with E-state index in [0.717, 1.165) is 73.2 Å². The van der Waals surface area contributed by atoms with Crippen LogP contribution >= 0.6 is 45.9 Å². The number of carbonyl (C=O) groups is 1. The molecule has 0 radical (unpaired) electrons. The summed E-state index contributed by atoms with van der Waals surface area (Å²) < 4.78 is 2.12. The van der Waals surface area contributed by atoms with Gasteiger partial charge < -0.3 is 4.90 Å². The lowest BCUT2D eigenvalue weighted by molar-refractivity contribution is -0.116. The third-order valence-electron chi connectivity index (χ3n) is 7.52. The number of benzene rings is 2. The number of thiophene rings is 2. The van der Waals surface area contributed by atoms with Crippen molar-refractivity contribution in [1.82, 2.24) is 14.8 Å². The van der Waals surface area contributed by atoms with Gasteiger partial charge in [-0.05, 0) is 44.0 Å². The highest BCUT2D eigenvalue weighted by molar-refractivity contribution is 7.16. The molecule has 0 fully saturated rings. The molecule has 2 aliphatic heterocycles. The van der Waals surface area contributed by atoms with Crippen molar-refractivity contribution in [3.05, 3.63) is 114 Å². The van der Waals surface area contributed by atoms with Crippen LogP contribution in [0.3, 0.4) is 0 Å². The summed E-state index contributed by atoms with van der Waals surface area (Å²) in [7, 11) is 1.81. The lowest BCUT2D eigenvalue weighted by atomic mass is 10.0. The van der Waals surface area contributed by atoms with Crippen molar-refractivity contribution in [2.24, 2.45) is 9.98 Å². The largest absolute Gasteiger partial charge is 0.305 e. The number of hydrogen-bond acceptors (Lipinski definition) is 7. The minimum absolute atomic E-state index is 0.00260. The first-order valence-electron chi connectivity index (χ1n) is 14.3. The number of aryl methyl sites for hydroxylation is 3. The summed E-state index contributed by atoms with van der Waals surface area (Å²) in [6.45, 7) is 6.91. The topological polar surface area (TPSA) is 75.7 Å². The summed E-state index contributed by atoms with van der Waals surface area (Å²) in [4.78, 5) is 25.7. The van der Waals surface area contributed by atoms with Crippen LogP contribution in [0.4, 0.5) is 5.00 Å². The van der Waals surface area contributed by atoms with Crippen LogP contribution < -0.4 is 4.90 Å². The first-order valence-corrected chi connectivity index (χ1v) is 16.7. The van der Waals surface area contributed by atoms with Gasteiger partial charge in [-0.15, -0.1) is 32.9 Å². The lowest BCUT2D eigenvalue weighted by Gasteiger charge is -2.13. The van der Waals surface area contributed by atoms with Gasteiger partial charge >= 0.3 is 0 Å². The van der Waals surface area contributed by atoms with Crippen molar-refractivity contribution in [1.29, 1.82) is 0 Å². The summed E-state index contributed by atoms with van der Waals surface area (Å²) in [5.74, 6) is 1.76. The zero-order chi connectivity index (χ0) is 31.0. The number of hydrogen-bond donors (Lipinski definition) is 0. The second kappa shape index (κ2) is 12.8.